The second-order valence-electron chi connectivity index (χ2n) is 7.49. The number of nitrogens with one attached hydrogen (secondary N) is 2. The number of amides is 1. The lowest BCUT2D eigenvalue weighted by Crippen LogP contribution is -2.49. The van der Waals surface area contributed by atoms with Crippen molar-refractivity contribution in [2.45, 2.75) is 6.18 Å². The highest BCUT2D eigenvalue weighted by atomic mass is 35.5. The molecule has 9 nitrogen and oxygen atoms in total. The first-order valence-electron chi connectivity index (χ1n) is 10.4. The summed E-state index contributed by atoms with van der Waals surface area (Å²) in [7, 11) is 4.40. The number of carbonyl (C=O) groups is 1. The van der Waals surface area contributed by atoms with Crippen molar-refractivity contribution in [1.29, 1.82) is 0 Å². The minimum Gasteiger partial charge on any atom is -0.496 e. The van der Waals surface area contributed by atoms with Crippen LogP contribution in [0.15, 0.2) is 18.3 Å². The Hall–Kier alpha value is -2.83. The molecule has 186 valence electrons. The van der Waals surface area contributed by atoms with Crippen LogP contribution >= 0.6 is 11.6 Å². The highest BCUT2D eigenvalue weighted by Gasteiger charge is 2.35. The number of methoxy groups -OCH3 is 2. The van der Waals surface area contributed by atoms with E-state index >= 15 is 0 Å². The molecule has 1 saturated heterocycles. The van der Waals surface area contributed by atoms with E-state index in [-0.39, 0.29) is 39.7 Å². The fraction of sp³-hybridized carbons (Fsp3) is 0.476. The molecule has 1 amide bonds. The molecule has 1 fully saturated rings. The van der Waals surface area contributed by atoms with Gasteiger partial charge in [-0.05, 0) is 6.07 Å². The molecule has 1 aliphatic rings. The van der Waals surface area contributed by atoms with Gasteiger partial charge in [0.1, 0.15) is 17.1 Å². The molecular weight excluding hydrogens is 477 g/mol. The van der Waals surface area contributed by atoms with E-state index in [1.54, 1.807) is 12.0 Å². The van der Waals surface area contributed by atoms with E-state index in [1.807, 2.05) is 0 Å². The van der Waals surface area contributed by atoms with Crippen LogP contribution in [0.5, 0.6) is 5.75 Å². The van der Waals surface area contributed by atoms with Crippen LogP contribution in [0.4, 0.5) is 30.6 Å². The number of halogens is 4. The van der Waals surface area contributed by atoms with E-state index in [9.17, 15) is 18.0 Å². The quantitative estimate of drug-likeness (QED) is 0.568. The summed E-state index contributed by atoms with van der Waals surface area (Å²) in [6.45, 7) is 3.98. The largest absolute Gasteiger partial charge is 0.496 e. The maximum absolute atomic E-state index is 13.1. The summed E-state index contributed by atoms with van der Waals surface area (Å²) in [5.74, 6) is -0.448. The fourth-order valence-electron chi connectivity index (χ4n) is 3.51. The van der Waals surface area contributed by atoms with Gasteiger partial charge in [0.15, 0.2) is 0 Å². The van der Waals surface area contributed by atoms with Gasteiger partial charge in [-0.3, -0.25) is 9.69 Å². The minimum absolute atomic E-state index is 0.104. The monoisotopic (exact) mass is 502 g/mol. The van der Waals surface area contributed by atoms with Crippen molar-refractivity contribution in [3.05, 3.63) is 34.5 Å². The molecule has 2 heterocycles. The van der Waals surface area contributed by atoms with E-state index in [0.29, 0.717) is 25.9 Å². The van der Waals surface area contributed by atoms with Gasteiger partial charge in [-0.25, -0.2) is 4.98 Å². The third-order valence-corrected chi connectivity index (χ3v) is 5.68. The SMILES string of the molecule is CNc1nc(Nc2cc(OC)c(C(=O)N3CCN(CCOC)CC3)cc2Cl)ncc1C(F)(F)F. The predicted octanol–water partition coefficient (Wildman–Crippen LogP) is 3.35. The van der Waals surface area contributed by atoms with Crippen LogP contribution in [-0.4, -0.2) is 86.3 Å². The average Bonchev–Trinajstić information content (AvgIpc) is 2.82. The normalized spacial score (nSPS) is 14.7. The molecule has 13 heteroatoms. The molecule has 0 aliphatic carbocycles. The molecule has 1 aliphatic heterocycles. The Morgan fingerprint density at radius 1 is 1.21 bits per heavy atom. The predicted molar refractivity (Wildman–Crippen MR) is 122 cm³/mol. The Morgan fingerprint density at radius 3 is 2.50 bits per heavy atom. The summed E-state index contributed by atoms with van der Waals surface area (Å²) in [6.07, 6.45) is -3.93. The summed E-state index contributed by atoms with van der Waals surface area (Å²) in [6, 6.07) is 2.95. The zero-order chi connectivity index (χ0) is 24.9. The number of rotatable bonds is 8. The smallest absolute Gasteiger partial charge is 0.421 e. The lowest BCUT2D eigenvalue weighted by molar-refractivity contribution is -0.137. The number of anilines is 3. The van der Waals surface area contributed by atoms with Crippen LogP contribution in [0.1, 0.15) is 15.9 Å². The van der Waals surface area contributed by atoms with Crippen LogP contribution in [-0.2, 0) is 10.9 Å². The molecule has 0 bridgehead atoms. The molecule has 2 N–H and O–H groups in total. The lowest BCUT2D eigenvalue weighted by Gasteiger charge is -2.34. The topological polar surface area (TPSA) is 91.9 Å². The first-order chi connectivity index (χ1) is 16.2. The second-order valence-corrected chi connectivity index (χ2v) is 7.89. The van der Waals surface area contributed by atoms with E-state index in [2.05, 4.69) is 25.5 Å². The number of alkyl halides is 3. The van der Waals surface area contributed by atoms with Gasteiger partial charge in [0, 0.05) is 59.1 Å². The van der Waals surface area contributed by atoms with Crippen molar-refractivity contribution in [3.8, 4) is 5.75 Å². The van der Waals surface area contributed by atoms with E-state index in [4.69, 9.17) is 21.1 Å². The van der Waals surface area contributed by atoms with Crippen LogP contribution in [0, 0.1) is 0 Å². The Morgan fingerprint density at radius 2 is 1.91 bits per heavy atom. The Bertz CT molecular complexity index is 1020. The third kappa shape index (κ3) is 5.99. The zero-order valence-electron chi connectivity index (χ0n) is 19.0. The van der Waals surface area contributed by atoms with Crippen LogP contribution < -0.4 is 15.4 Å². The highest BCUT2D eigenvalue weighted by molar-refractivity contribution is 6.33. The molecular formula is C21H26ClF3N6O3. The van der Waals surface area contributed by atoms with Crippen molar-refractivity contribution in [2.75, 3.05) is 71.2 Å². The Labute approximate surface area is 200 Å². The molecule has 0 spiro atoms. The summed E-state index contributed by atoms with van der Waals surface area (Å²) in [5.41, 5.74) is -0.429. The summed E-state index contributed by atoms with van der Waals surface area (Å²) < 4.78 is 49.7. The summed E-state index contributed by atoms with van der Waals surface area (Å²) in [5, 5.41) is 5.36. The number of piperazine rings is 1. The summed E-state index contributed by atoms with van der Waals surface area (Å²) in [4.78, 5) is 24.7. The highest BCUT2D eigenvalue weighted by Crippen LogP contribution is 2.36. The van der Waals surface area contributed by atoms with Gasteiger partial charge in [-0.15, -0.1) is 0 Å². The van der Waals surface area contributed by atoms with Gasteiger partial charge >= 0.3 is 6.18 Å². The van der Waals surface area contributed by atoms with Crippen LogP contribution in [0.2, 0.25) is 5.02 Å². The van der Waals surface area contributed by atoms with Gasteiger partial charge in [-0.1, -0.05) is 11.6 Å². The van der Waals surface area contributed by atoms with Crippen molar-refractivity contribution >= 4 is 35.0 Å². The number of aromatic nitrogens is 2. The number of carbonyl (C=O) groups excluding carboxylic acids is 1. The number of hydrogen-bond acceptors (Lipinski definition) is 8. The molecule has 0 unspecified atom stereocenters. The average molecular weight is 503 g/mol. The first-order valence-corrected chi connectivity index (χ1v) is 10.8. The Balaban J connectivity index is 1.78. The van der Waals surface area contributed by atoms with Crippen molar-refractivity contribution < 1.29 is 27.4 Å². The van der Waals surface area contributed by atoms with Gasteiger partial charge < -0.3 is 25.0 Å². The molecule has 1 aromatic carbocycles. The number of ether oxygens (including phenoxy) is 2. The molecule has 2 aromatic rings. The lowest BCUT2D eigenvalue weighted by atomic mass is 10.1. The fourth-order valence-corrected chi connectivity index (χ4v) is 3.72. The maximum atomic E-state index is 13.1. The number of hydrogen-bond donors (Lipinski definition) is 2. The molecule has 3 rings (SSSR count). The zero-order valence-corrected chi connectivity index (χ0v) is 19.8. The van der Waals surface area contributed by atoms with Crippen molar-refractivity contribution in [2.24, 2.45) is 0 Å². The van der Waals surface area contributed by atoms with Gasteiger partial charge in [0.05, 0.1) is 30.0 Å². The van der Waals surface area contributed by atoms with Gasteiger partial charge in [-0.2, -0.15) is 18.2 Å². The number of nitrogens with zero attached hydrogens (tertiary/aromatic N) is 4. The van der Waals surface area contributed by atoms with E-state index in [1.165, 1.54) is 26.3 Å². The van der Waals surface area contributed by atoms with Crippen LogP contribution in [0.25, 0.3) is 0 Å². The maximum Gasteiger partial charge on any atom is 0.421 e. The molecule has 0 radical (unpaired) electrons. The second kappa shape index (κ2) is 11.1. The Kier molecular flexibility index (Phi) is 8.39. The first kappa shape index (κ1) is 25.8. The summed E-state index contributed by atoms with van der Waals surface area (Å²) >= 11 is 6.39. The van der Waals surface area contributed by atoms with Crippen molar-refractivity contribution in [1.82, 2.24) is 19.8 Å². The van der Waals surface area contributed by atoms with Crippen molar-refractivity contribution in [3.63, 3.8) is 0 Å². The standard InChI is InChI=1S/C21H26ClF3N6O3/c1-26-18-14(21(23,24)25)12-27-20(29-18)28-16-11-17(34-3)13(10-15(16)22)19(32)31-6-4-30(5-7-31)8-9-33-2/h10-12H,4-9H2,1-3H3,(H2,26,27,28,29). The molecule has 0 atom stereocenters. The molecule has 0 saturated carbocycles. The third-order valence-electron chi connectivity index (χ3n) is 5.37. The van der Waals surface area contributed by atoms with Gasteiger partial charge in [0.25, 0.3) is 5.91 Å². The molecule has 1 aromatic heterocycles. The van der Waals surface area contributed by atoms with Crippen LogP contribution in [0.3, 0.4) is 0 Å². The van der Waals surface area contributed by atoms with Gasteiger partial charge in [0.2, 0.25) is 5.95 Å². The van der Waals surface area contributed by atoms with E-state index in [0.717, 1.165) is 19.6 Å². The minimum atomic E-state index is -4.60. The number of benzene rings is 1. The molecule has 34 heavy (non-hydrogen) atoms. The van der Waals surface area contributed by atoms with E-state index < -0.39 is 11.7 Å².